The van der Waals surface area contributed by atoms with E-state index in [4.69, 9.17) is 10.8 Å². The number of carboxylic acid groups (broad SMARTS) is 1. The smallest absolute Gasteiger partial charge is 0.325 e. The Morgan fingerprint density at radius 3 is 2.38 bits per heavy atom. The molecule has 1 rings (SSSR count). The van der Waals surface area contributed by atoms with Gasteiger partial charge in [0.05, 0.1) is 0 Å². The van der Waals surface area contributed by atoms with Crippen LogP contribution in [0.2, 0.25) is 0 Å². The second-order valence-electron chi connectivity index (χ2n) is 4.48. The number of amides is 1. The second-order valence-corrected chi connectivity index (χ2v) is 4.48. The Kier molecular flexibility index (Phi) is 3.91. The number of carboxylic acids is 1. The standard InChI is InChI=1S/C11H20N2O3/c1-3-8(4-2)9(14)13-6-5-11(12,7-13)10(15)16/h8H,3-7,12H2,1-2H3,(H,15,16). The maximum Gasteiger partial charge on any atom is 0.325 e. The van der Waals surface area contributed by atoms with Crippen LogP contribution < -0.4 is 5.73 Å². The summed E-state index contributed by atoms with van der Waals surface area (Å²) in [6.45, 7) is 4.53. The number of nitrogens with two attached hydrogens (primary N) is 1. The first-order valence-electron chi connectivity index (χ1n) is 5.75. The molecule has 1 atom stereocenters. The van der Waals surface area contributed by atoms with Gasteiger partial charge in [0.15, 0.2) is 0 Å². The molecule has 1 saturated heterocycles. The van der Waals surface area contributed by atoms with Crippen molar-refractivity contribution in [2.75, 3.05) is 13.1 Å². The zero-order valence-electron chi connectivity index (χ0n) is 9.90. The Hall–Kier alpha value is -1.10. The van der Waals surface area contributed by atoms with Crippen LogP contribution in [0.15, 0.2) is 0 Å². The van der Waals surface area contributed by atoms with E-state index in [1.165, 1.54) is 0 Å². The Balaban J connectivity index is 2.66. The molecule has 1 unspecified atom stereocenters. The molecule has 1 fully saturated rings. The number of carbonyl (C=O) groups is 2. The molecule has 0 aromatic rings. The van der Waals surface area contributed by atoms with Gasteiger partial charge in [-0.15, -0.1) is 0 Å². The number of nitrogens with zero attached hydrogens (tertiary/aromatic N) is 1. The van der Waals surface area contributed by atoms with Gasteiger partial charge in [0.2, 0.25) is 5.91 Å². The quantitative estimate of drug-likeness (QED) is 0.731. The Labute approximate surface area is 95.6 Å². The molecule has 3 N–H and O–H groups in total. The van der Waals surface area contributed by atoms with Crippen molar-refractivity contribution in [1.29, 1.82) is 0 Å². The van der Waals surface area contributed by atoms with Crippen LogP contribution in [-0.4, -0.2) is 40.5 Å². The Morgan fingerprint density at radius 2 is 2.00 bits per heavy atom. The fourth-order valence-electron chi connectivity index (χ4n) is 2.09. The molecule has 0 aromatic heterocycles. The van der Waals surface area contributed by atoms with Crippen molar-refractivity contribution in [3.63, 3.8) is 0 Å². The summed E-state index contributed by atoms with van der Waals surface area (Å²) >= 11 is 0. The summed E-state index contributed by atoms with van der Waals surface area (Å²) in [5.41, 5.74) is 4.47. The SMILES string of the molecule is CCC(CC)C(=O)N1CCC(N)(C(=O)O)C1. The monoisotopic (exact) mass is 228 g/mol. The van der Waals surface area contributed by atoms with Crippen molar-refractivity contribution >= 4 is 11.9 Å². The van der Waals surface area contributed by atoms with Gasteiger partial charge in [-0.3, -0.25) is 9.59 Å². The number of hydrogen-bond donors (Lipinski definition) is 2. The molecule has 1 amide bonds. The first-order valence-corrected chi connectivity index (χ1v) is 5.75. The Bertz CT molecular complexity index is 289. The topological polar surface area (TPSA) is 83.6 Å². The Morgan fingerprint density at radius 1 is 1.44 bits per heavy atom. The molecule has 5 heteroatoms. The zero-order chi connectivity index (χ0) is 12.3. The van der Waals surface area contributed by atoms with Crippen molar-refractivity contribution in [3.05, 3.63) is 0 Å². The molecule has 0 aliphatic carbocycles. The number of likely N-dealkylation sites (tertiary alicyclic amines) is 1. The fourth-order valence-corrected chi connectivity index (χ4v) is 2.09. The van der Waals surface area contributed by atoms with Crippen LogP contribution in [-0.2, 0) is 9.59 Å². The minimum absolute atomic E-state index is 0.00357. The van der Waals surface area contributed by atoms with Gasteiger partial charge in [0.1, 0.15) is 5.54 Å². The van der Waals surface area contributed by atoms with E-state index >= 15 is 0 Å². The molecular formula is C11H20N2O3. The van der Waals surface area contributed by atoms with Gasteiger partial charge in [-0.1, -0.05) is 13.8 Å². The van der Waals surface area contributed by atoms with Crippen molar-refractivity contribution in [1.82, 2.24) is 4.90 Å². The summed E-state index contributed by atoms with van der Waals surface area (Å²) in [5.74, 6) is -0.984. The average Bonchev–Trinajstić information content (AvgIpc) is 2.64. The summed E-state index contributed by atoms with van der Waals surface area (Å²) in [7, 11) is 0. The second kappa shape index (κ2) is 4.82. The third-order valence-corrected chi connectivity index (χ3v) is 3.37. The molecule has 16 heavy (non-hydrogen) atoms. The van der Waals surface area contributed by atoms with Gasteiger partial charge in [-0.2, -0.15) is 0 Å². The lowest BCUT2D eigenvalue weighted by Crippen LogP contribution is -2.51. The molecule has 0 spiro atoms. The largest absolute Gasteiger partial charge is 0.480 e. The average molecular weight is 228 g/mol. The fraction of sp³-hybridized carbons (Fsp3) is 0.818. The highest BCUT2D eigenvalue weighted by atomic mass is 16.4. The summed E-state index contributed by atoms with van der Waals surface area (Å²) in [6, 6.07) is 0. The minimum Gasteiger partial charge on any atom is -0.480 e. The van der Waals surface area contributed by atoms with Crippen LogP contribution in [0.4, 0.5) is 0 Å². The van der Waals surface area contributed by atoms with Crippen LogP contribution >= 0.6 is 0 Å². The van der Waals surface area contributed by atoms with E-state index in [-0.39, 0.29) is 18.4 Å². The number of carbonyl (C=O) groups excluding carboxylic acids is 1. The van der Waals surface area contributed by atoms with Crippen molar-refractivity contribution in [3.8, 4) is 0 Å². The van der Waals surface area contributed by atoms with Crippen molar-refractivity contribution < 1.29 is 14.7 Å². The molecular weight excluding hydrogens is 208 g/mol. The molecule has 0 radical (unpaired) electrons. The maximum atomic E-state index is 12.0. The summed E-state index contributed by atoms with van der Waals surface area (Å²) in [4.78, 5) is 24.5. The third-order valence-electron chi connectivity index (χ3n) is 3.37. The predicted molar refractivity (Wildman–Crippen MR) is 59.8 cm³/mol. The van der Waals surface area contributed by atoms with Crippen LogP contribution in [0.3, 0.4) is 0 Å². The summed E-state index contributed by atoms with van der Waals surface area (Å²) < 4.78 is 0. The number of rotatable bonds is 4. The van der Waals surface area contributed by atoms with E-state index in [1.54, 1.807) is 4.90 Å². The maximum absolute atomic E-state index is 12.0. The van der Waals surface area contributed by atoms with Gasteiger partial charge in [-0.25, -0.2) is 0 Å². The van der Waals surface area contributed by atoms with Crippen molar-refractivity contribution in [2.24, 2.45) is 11.7 Å². The minimum atomic E-state index is -1.25. The summed E-state index contributed by atoms with van der Waals surface area (Å²) in [6.07, 6.45) is 1.92. The highest BCUT2D eigenvalue weighted by molar-refractivity contribution is 5.84. The van der Waals surface area contributed by atoms with E-state index in [0.717, 1.165) is 12.8 Å². The first kappa shape index (κ1) is 13.0. The van der Waals surface area contributed by atoms with E-state index in [0.29, 0.717) is 13.0 Å². The van der Waals surface area contributed by atoms with Crippen LogP contribution in [0.1, 0.15) is 33.1 Å². The number of hydrogen-bond acceptors (Lipinski definition) is 3. The lowest BCUT2D eigenvalue weighted by molar-refractivity contribution is -0.143. The molecule has 0 bridgehead atoms. The molecule has 0 aromatic carbocycles. The molecule has 1 aliphatic heterocycles. The summed E-state index contributed by atoms with van der Waals surface area (Å²) in [5, 5.41) is 8.96. The number of aliphatic carboxylic acids is 1. The van der Waals surface area contributed by atoms with Gasteiger partial charge in [0.25, 0.3) is 0 Å². The van der Waals surface area contributed by atoms with E-state index in [9.17, 15) is 9.59 Å². The van der Waals surface area contributed by atoms with Crippen LogP contribution in [0, 0.1) is 5.92 Å². The van der Waals surface area contributed by atoms with Crippen LogP contribution in [0.25, 0.3) is 0 Å². The van der Waals surface area contributed by atoms with Gasteiger partial charge in [0, 0.05) is 19.0 Å². The molecule has 92 valence electrons. The highest BCUT2D eigenvalue weighted by Gasteiger charge is 2.43. The molecule has 1 heterocycles. The lowest BCUT2D eigenvalue weighted by atomic mass is 10.0. The predicted octanol–water partition coefficient (Wildman–Crippen LogP) is 0.437. The molecule has 0 saturated carbocycles. The van der Waals surface area contributed by atoms with Gasteiger partial charge >= 0.3 is 5.97 Å². The van der Waals surface area contributed by atoms with Crippen LogP contribution in [0.5, 0.6) is 0 Å². The van der Waals surface area contributed by atoms with E-state index in [1.807, 2.05) is 13.8 Å². The lowest BCUT2D eigenvalue weighted by Gasteiger charge is -2.23. The molecule has 5 nitrogen and oxygen atoms in total. The van der Waals surface area contributed by atoms with Crippen molar-refractivity contribution in [2.45, 2.75) is 38.6 Å². The van der Waals surface area contributed by atoms with E-state index < -0.39 is 11.5 Å². The van der Waals surface area contributed by atoms with Gasteiger partial charge < -0.3 is 15.7 Å². The zero-order valence-corrected chi connectivity index (χ0v) is 9.90. The first-order chi connectivity index (χ1) is 7.44. The van der Waals surface area contributed by atoms with Gasteiger partial charge in [-0.05, 0) is 19.3 Å². The molecule has 1 aliphatic rings. The van der Waals surface area contributed by atoms with E-state index in [2.05, 4.69) is 0 Å². The normalized spacial score (nSPS) is 25.1. The highest BCUT2D eigenvalue weighted by Crippen LogP contribution is 2.22. The third kappa shape index (κ3) is 2.35.